The predicted octanol–water partition coefficient (Wildman–Crippen LogP) is 4.42. The summed E-state index contributed by atoms with van der Waals surface area (Å²) < 4.78 is 5.74. The standard InChI is InChI=1S/C26H36N2O3/c1-19(2)17-27-26(30)21(5)28(16-15-22-9-7-6-8-10-22)25(29)18-31-24-13-11-23(12-14-24)20(3)4/h6-14,19-21H,15-18H2,1-5H3,(H,27,30)/t21-/m1/s1. The maximum absolute atomic E-state index is 13.0. The molecule has 0 aromatic heterocycles. The lowest BCUT2D eigenvalue weighted by molar-refractivity contribution is -0.141. The van der Waals surface area contributed by atoms with Gasteiger partial charge < -0.3 is 15.0 Å². The highest BCUT2D eigenvalue weighted by atomic mass is 16.5. The number of nitrogens with one attached hydrogen (secondary N) is 1. The molecule has 0 saturated heterocycles. The van der Waals surface area contributed by atoms with Gasteiger partial charge in [-0.1, -0.05) is 70.2 Å². The highest BCUT2D eigenvalue weighted by molar-refractivity contribution is 5.88. The molecule has 5 nitrogen and oxygen atoms in total. The fraction of sp³-hybridized carbons (Fsp3) is 0.462. The van der Waals surface area contributed by atoms with Gasteiger partial charge in [-0.25, -0.2) is 0 Å². The quantitative estimate of drug-likeness (QED) is 0.581. The van der Waals surface area contributed by atoms with Gasteiger partial charge in [0.25, 0.3) is 5.91 Å². The number of carbonyl (C=O) groups excluding carboxylic acids is 2. The Labute approximate surface area is 186 Å². The van der Waals surface area contributed by atoms with E-state index in [1.165, 1.54) is 5.56 Å². The van der Waals surface area contributed by atoms with Crippen LogP contribution in [0.3, 0.4) is 0 Å². The van der Waals surface area contributed by atoms with Gasteiger partial charge in [-0.15, -0.1) is 0 Å². The average molecular weight is 425 g/mol. The second-order valence-electron chi connectivity index (χ2n) is 8.65. The summed E-state index contributed by atoms with van der Waals surface area (Å²) >= 11 is 0. The minimum absolute atomic E-state index is 0.0996. The van der Waals surface area contributed by atoms with Crippen LogP contribution in [0.2, 0.25) is 0 Å². The molecule has 0 aliphatic carbocycles. The summed E-state index contributed by atoms with van der Waals surface area (Å²) in [6, 6.07) is 17.2. The van der Waals surface area contributed by atoms with Crippen molar-refractivity contribution in [2.24, 2.45) is 5.92 Å². The van der Waals surface area contributed by atoms with Crippen LogP contribution < -0.4 is 10.1 Å². The van der Waals surface area contributed by atoms with Crippen molar-refractivity contribution >= 4 is 11.8 Å². The van der Waals surface area contributed by atoms with E-state index in [9.17, 15) is 9.59 Å². The van der Waals surface area contributed by atoms with E-state index in [2.05, 4.69) is 19.2 Å². The third-order valence-corrected chi connectivity index (χ3v) is 5.25. The molecule has 0 aliphatic rings. The summed E-state index contributed by atoms with van der Waals surface area (Å²) in [5, 5.41) is 2.93. The lowest BCUT2D eigenvalue weighted by Gasteiger charge is -2.29. The number of hydrogen-bond donors (Lipinski definition) is 1. The van der Waals surface area contributed by atoms with Crippen LogP contribution in [0, 0.1) is 5.92 Å². The number of benzene rings is 2. The Morgan fingerprint density at radius 2 is 1.58 bits per heavy atom. The molecule has 2 aromatic rings. The Balaban J connectivity index is 2.04. The van der Waals surface area contributed by atoms with Crippen LogP contribution in [-0.2, 0) is 16.0 Å². The normalized spacial score (nSPS) is 12.0. The van der Waals surface area contributed by atoms with Gasteiger partial charge in [-0.3, -0.25) is 9.59 Å². The van der Waals surface area contributed by atoms with Gasteiger partial charge in [0.15, 0.2) is 6.61 Å². The molecule has 0 spiro atoms. The molecule has 0 unspecified atom stereocenters. The van der Waals surface area contributed by atoms with Crippen molar-refractivity contribution in [2.45, 2.75) is 53.0 Å². The molecule has 1 atom stereocenters. The number of hydrogen-bond acceptors (Lipinski definition) is 3. The molecule has 0 heterocycles. The summed E-state index contributed by atoms with van der Waals surface area (Å²) in [6.45, 7) is 11.1. The number of ether oxygens (including phenoxy) is 1. The Hall–Kier alpha value is -2.82. The molecule has 0 radical (unpaired) electrons. The molecular formula is C26H36N2O3. The molecule has 1 N–H and O–H groups in total. The van der Waals surface area contributed by atoms with Crippen molar-refractivity contribution in [3.05, 3.63) is 65.7 Å². The fourth-order valence-electron chi connectivity index (χ4n) is 3.20. The monoisotopic (exact) mass is 424 g/mol. The van der Waals surface area contributed by atoms with E-state index in [-0.39, 0.29) is 18.4 Å². The number of amides is 2. The molecule has 2 rings (SSSR count). The first kappa shape index (κ1) is 24.4. The molecule has 0 saturated carbocycles. The first-order valence-corrected chi connectivity index (χ1v) is 11.1. The van der Waals surface area contributed by atoms with Crippen molar-refractivity contribution in [3.63, 3.8) is 0 Å². The molecule has 2 aromatic carbocycles. The molecule has 31 heavy (non-hydrogen) atoms. The Bertz CT molecular complexity index is 816. The molecule has 0 fully saturated rings. The maximum Gasteiger partial charge on any atom is 0.261 e. The Morgan fingerprint density at radius 1 is 0.935 bits per heavy atom. The van der Waals surface area contributed by atoms with Crippen molar-refractivity contribution in [1.82, 2.24) is 10.2 Å². The van der Waals surface area contributed by atoms with E-state index in [1.807, 2.05) is 68.4 Å². The summed E-state index contributed by atoms with van der Waals surface area (Å²) in [5.74, 6) is 1.10. The minimum atomic E-state index is -0.568. The zero-order valence-electron chi connectivity index (χ0n) is 19.4. The SMILES string of the molecule is CC(C)CNC(=O)[C@@H](C)N(CCc1ccccc1)C(=O)COc1ccc(C(C)C)cc1. The Kier molecular flexibility index (Phi) is 9.57. The molecule has 168 valence electrons. The molecule has 2 amide bonds. The smallest absolute Gasteiger partial charge is 0.261 e. The third-order valence-electron chi connectivity index (χ3n) is 5.25. The van der Waals surface area contributed by atoms with Crippen LogP contribution in [0.25, 0.3) is 0 Å². The van der Waals surface area contributed by atoms with Gasteiger partial charge in [0, 0.05) is 13.1 Å². The van der Waals surface area contributed by atoms with Crippen molar-refractivity contribution < 1.29 is 14.3 Å². The first-order valence-electron chi connectivity index (χ1n) is 11.1. The van der Waals surface area contributed by atoms with Gasteiger partial charge >= 0.3 is 0 Å². The first-order chi connectivity index (χ1) is 14.8. The maximum atomic E-state index is 13.0. The fourth-order valence-corrected chi connectivity index (χ4v) is 3.20. The van der Waals surface area contributed by atoms with E-state index in [0.717, 1.165) is 5.56 Å². The molecule has 0 bridgehead atoms. The van der Waals surface area contributed by atoms with Gasteiger partial charge in [0.1, 0.15) is 11.8 Å². The second kappa shape index (κ2) is 12.1. The number of rotatable bonds is 11. The van der Waals surface area contributed by atoms with Crippen molar-refractivity contribution in [1.29, 1.82) is 0 Å². The molecular weight excluding hydrogens is 388 g/mol. The van der Waals surface area contributed by atoms with Crippen molar-refractivity contribution in [3.8, 4) is 5.75 Å². The summed E-state index contributed by atoms with van der Waals surface area (Å²) in [4.78, 5) is 27.3. The van der Waals surface area contributed by atoms with Crippen LogP contribution in [0.15, 0.2) is 54.6 Å². The molecule has 0 aliphatic heterocycles. The highest BCUT2D eigenvalue weighted by Crippen LogP contribution is 2.18. The van der Waals surface area contributed by atoms with E-state index in [0.29, 0.717) is 37.1 Å². The second-order valence-corrected chi connectivity index (χ2v) is 8.65. The van der Waals surface area contributed by atoms with E-state index in [1.54, 1.807) is 11.8 Å². The summed E-state index contributed by atoms with van der Waals surface area (Å²) in [7, 11) is 0. The summed E-state index contributed by atoms with van der Waals surface area (Å²) in [5.41, 5.74) is 2.35. The third kappa shape index (κ3) is 8.08. The van der Waals surface area contributed by atoms with E-state index >= 15 is 0 Å². The largest absolute Gasteiger partial charge is 0.484 e. The van der Waals surface area contributed by atoms with Crippen LogP contribution in [0.5, 0.6) is 5.75 Å². The van der Waals surface area contributed by atoms with Gasteiger partial charge in [0.2, 0.25) is 5.91 Å². The van der Waals surface area contributed by atoms with Crippen molar-refractivity contribution in [2.75, 3.05) is 19.7 Å². The van der Waals surface area contributed by atoms with Gasteiger partial charge in [-0.2, -0.15) is 0 Å². The van der Waals surface area contributed by atoms with Crippen LogP contribution in [0.4, 0.5) is 0 Å². The zero-order valence-corrected chi connectivity index (χ0v) is 19.4. The van der Waals surface area contributed by atoms with E-state index < -0.39 is 6.04 Å². The number of carbonyl (C=O) groups is 2. The van der Waals surface area contributed by atoms with E-state index in [4.69, 9.17) is 4.74 Å². The molecule has 5 heteroatoms. The van der Waals surface area contributed by atoms with Crippen LogP contribution in [-0.4, -0.2) is 42.5 Å². The summed E-state index contributed by atoms with van der Waals surface area (Å²) in [6.07, 6.45) is 0.678. The predicted molar refractivity (Wildman–Crippen MR) is 125 cm³/mol. The average Bonchev–Trinajstić information content (AvgIpc) is 2.76. The Morgan fingerprint density at radius 3 is 2.16 bits per heavy atom. The van der Waals surface area contributed by atoms with Crippen LogP contribution in [0.1, 0.15) is 51.7 Å². The zero-order chi connectivity index (χ0) is 22.8. The highest BCUT2D eigenvalue weighted by Gasteiger charge is 2.26. The van der Waals surface area contributed by atoms with Crippen LogP contribution >= 0.6 is 0 Å². The lowest BCUT2D eigenvalue weighted by Crippen LogP contribution is -2.50. The lowest BCUT2D eigenvalue weighted by atomic mass is 10.0. The van der Waals surface area contributed by atoms with Gasteiger partial charge in [0.05, 0.1) is 0 Å². The topological polar surface area (TPSA) is 58.6 Å². The number of nitrogens with zero attached hydrogens (tertiary/aromatic N) is 1. The van der Waals surface area contributed by atoms with Gasteiger partial charge in [-0.05, 0) is 48.4 Å². The minimum Gasteiger partial charge on any atom is -0.484 e.